The van der Waals surface area contributed by atoms with Gasteiger partial charge in [-0.1, -0.05) is 17.3 Å². The number of benzene rings is 1. The summed E-state index contributed by atoms with van der Waals surface area (Å²) in [4.78, 5) is 0. The van der Waals surface area contributed by atoms with E-state index >= 15 is 0 Å². The zero-order valence-corrected chi connectivity index (χ0v) is 9.14. The van der Waals surface area contributed by atoms with Crippen molar-refractivity contribution in [2.45, 2.75) is 6.54 Å². The number of hydrogen-bond donors (Lipinski definition) is 0. The second kappa shape index (κ2) is 4.21. The SMILES string of the molecule is c1cnn(-c2ccc(Cn3ccnn3)cc2)c1. The van der Waals surface area contributed by atoms with Crippen molar-refractivity contribution in [2.24, 2.45) is 0 Å². The van der Waals surface area contributed by atoms with Crippen LogP contribution in [0.25, 0.3) is 5.69 Å². The summed E-state index contributed by atoms with van der Waals surface area (Å²) in [5.41, 5.74) is 2.24. The Bertz CT molecular complexity index is 566. The molecule has 2 heterocycles. The maximum atomic E-state index is 4.18. The molecule has 1 aromatic carbocycles. The molecule has 0 aliphatic heterocycles. The Kier molecular flexibility index (Phi) is 2.42. The summed E-state index contributed by atoms with van der Waals surface area (Å²) in [7, 11) is 0. The lowest BCUT2D eigenvalue weighted by atomic mass is 10.2. The van der Waals surface area contributed by atoms with Gasteiger partial charge in [-0.15, -0.1) is 5.10 Å². The quantitative estimate of drug-likeness (QED) is 0.679. The smallest absolute Gasteiger partial charge is 0.0693 e. The first-order valence-corrected chi connectivity index (χ1v) is 5.35. The van der Waals surface area contributed by atoms with Crippen molar-refractivity contribution < 1.29 is 0 Å². The largest absolute Gasteiger partial charge is 0.248 e. The van der Waals surface area contributed by atoms with Crippen LogP contribution in [-0.4, -0.2) is 24.8 Å². The Labute approximate surface area is 98.3 Å². The molecule has 0 amide bonds. The van der Waals surface area contributed by atoms with Crippen LogP contribution >= 0.6 is 0 Å². The van der Waals surface area contributed by atoms with E-state index in [1.165, 1.54) is 5.56 Å². The highest BCUT2D eigenvalue weighted by Gasteiger charge is 1.98. The van der Waals surface area contributed by atoms with E-state index in [9.17, 15) is 0 Å². The normalized spacial score (nSPS) is 10.6. The van der Waals surface area contributed by atoms with Gasteiger partial charge in [0.15, 0.2) is 0 Å². The van der Waals surface area contributed by atoms with E-state index < -0.39 is 0 Å². The third kappa shape index (κ3) is 2.08. The zero-order chi connectivity index (χ0) is 11.5. The molecule has 0 spiro atoms. The van der Waals surface area contributed by atoms with Crippen LogP contribution in [0.1, 0.15) is 5.56 Å². The molecule has 0 aliphatic rings. The molecule has 0 unspecified atom stereocenters. The highest BCUT2D eigenvalue weighted by atomic mass is 15.4. The summed E-state index contributed by atoms with van der Waals surface area (Å²) < 4.78 is 3.63. The molecule has 0 bridgehead atoms. The Hall–Kier alpha value is -2.43. The van der Waals surface area contributed by atoms with Crippen LogP contribution in [-0.2, 0) is 6.54 Å². The van der Waals surface area contributed by atoms with E-state index in [4.69, 9.17) is 0 Å². The molecule has 17 heavy (non-hydrogen) atoms. The average molecular weight is 225 g/mol. The van der Waals surface area contributed by atoms with Gasteiger partial charge in [0.2, 0.25) is 0 Å². The lowest BCUT2D eigenvalue weighted by Crippen LogP contribution is -2.01. The van der Waals surface area contributed by atoms with Gasteiger partial charge < -0.3 is 0 Å². The molecular weight excluding hydrogens is 214 g/mol. The van der Waals surface area contributed by atoms with E-state index in [-0.39, 0.29) is 0 Å². The highest BCUT2D eigenvalue weighted by Crippen LogP contribution is 2.09. The molecule has 0 radical (unpaired) electrons. The Morgan fingerprint density at radius 3 is 2.53 bits per heavy atom. The molecule has 0 atom stereocenters. The lowest BCUT2D eigenvalue weighted by Gasteiger charge is -2.04. The molecule has 0 saturated heterocycles. The van der Waals surface area contributed by atoms with Crippen LogP contribution in [0.5, 0.6) is 0 Å². The Morgan fingerprint density at radius 1 is 1.00 bits per heavy atom. The van der Waals surface area contributed by atoms with Crippen LogP contribution in [0.4, 0.5) is 0 Å². The molecule has 5 heteroatoms. The van der Waals surface area contributed by atoms with Crippen molar-refractivity contribution in [3.05, 3.63) is 60.7 Å². The monoisotopic (exact) mass is 225 g/mol. The molecular formula is C12H11N5. The molecule has 84 valence electrons. The zero-order valence-electron chi connectivity index (χ0n) is 9.14. The van der Waals surface area contributed by atoms with Crippen LogP contribution < -0.4 is 0 Å². The lowest BCUT2D eigenvalue weighted by molar-refractivity contribution is 0.649. The van der Waals surface area contributed by atoms with E-state index in [2.05, 4.69) is 27.5 Å². The fourth-order valence-corrected chi connectivity index (χ4v) is 1.68. The van der Waals surface area contributed by atoms with Gasteiger partial charge in [0.25, 0.3) is 0 Å². The van der Waals surface area contributed by atoms with Crippen molar-refractivity contribution in [1.29, 1.82) is 0 Å². The summed E-state index contributed by atoms with van der Waals surface area (Å²) in [5, 5.41) is 11.9. The van der Waals surface area contributed by atoms with E-state index in [1.54, 1.807) is 17.1 Å². The second-order valence-electron chi connectivity index (χ2n) is 3.72. The minimum Gasteiger partial charge on any atom is -0.248 e. The van der Waals surface area contributed by atoms with E-state index in [0.717, 1.165) is 12.2 Å². The van der Waals surface area contributed by atoms with Crippen LogP contribution in [0.15, 0.2) is 55.1 Å². The van der Waals surface area contributed by atoms with E-state index in [1.807, 2.05) is 35.3 Å². The molecule has 0 N–H and O–H groups in total. The predicted molar refractivity (Wildman–Crippen MR) is 62.7 cm³/mol. The first-order chi connectivity index (χ1) is 8.42. The fraction of sp³-hybridized carbons (Fsp3) is 0.0833. The van der Waals surface area contributed by atoms with Gasteiger partial charge in [0.05, 0.1) is 18.4 Å². The maximum absolute atomic E-state index is 4.18. The third-order valence-electron chi connectivity index (χ3n) is 2.52. The minimum absolute atomic E-state index is 0.736. The topological polar surface area (TPSA) is 48.5 Å². The van der Waals surface area contributed by atoms with Gasteiger partial charge in [-0.25, -0.2) is 9.36 Å². The molecule has 3 aromatic rings. The van der Waals surface area contributed by atoms with Gasteiger partial charge in [-0.3, -0.25) is 0 Å². The summed E-state index contributed by atoms with van der Waals surface area (Å²) in [6.07, 6.45) is 7.22. The molecule has 2 aromatic heterocycles. The van der Waals surface area contributed by atoms with Crippen LogP contribution in [0.3, 0.4) is 0 Å². The van der Waals surface area contributed by atoms with Crippen LogP contribution in [0.2, 0.25) is 0 Å². The minimum atomic E-state index is 0.736. The van der Waals surface area contributed by atoms with Crippen LogP contribution in [0, 0.1) is 0 Å². The average Bonchev–Trinajstić information content (AvgIpc) is 3.01. The molecule has 0 saturated carbocycles. The molecule has 0 aliphatic carbocycles. The standard InChI is InChI=1S/C12H11N5/c1-6-14-17(8-1)12-4-2-11(3-5-12)10-16-9-7-13-15-16/h1-9H,10H2. The maximum Gasteiger partial charge on any atom is 0.0693 e. The third-order valence-corrected chi connectivity index (χ3v) is 2.52. The summed E-state index contributed by atoms with van der Waals surface area (Å²) >= 11 is 0. The molecule has 0 fully saturated rings. The van der Waals surface area contributed by atoms with Crippen molar-refractivity contribution >= 4 is 0 Å². The first-order valence-electron chi connectivity index (χ1n) is 5.35. The van der Waals surface area contributed by atoms with Crippen molar-refractivity contribution in [2.75, 3.05) is 0 Å². The Morgan fingerprint density at radius 2 is 1.88 bits per heavy atom. The summed E-state index contributed by atoms with van der Waals surface area (Å²) in [5.74, 6) is 0. The summed E-state index contributed by atoms with van der Waals surface area (Å²) in [6.45, 7) is 0.736. The predicted octanol–water partition coefficient (Wildman–Crippen LogP) is 1.51. The Balaban J connectivity index is 1.81. The van der Waals surface area contributed by atoms with Gasteiger partial charge >= 0.3 is 0 Å². The van der Waals surface area contributed by atoms with Crippen molar-refractivity contribution in [1.82, 2.24) is 24.8 Å². The van der Waals surface area contributed by atoms with E-state index in [0.29, 0.717) is 0 Å². The second-order valence-corrected chi connectivity index (χ2v) is 3.72. The van der Waals surface area contributed by atoms with Crippen molar-refractivity contribution in [3.8, 4) is 5.69 Å². The summed E-state index contributed by atoms with van der Waals surface area (Å²) in [6, 6.07) is 10.1. The molecule has 3 rings (SSSR count). The number of hydrogen-bond acceptors (Lipinski definition) is 3. The number of nitrogens with zero attached hydrogens (tertiary/aromatic N) is 5. The number of aromatic nitrogens is 5. The first kappa shape index (κ1) is 9.77. The fourth-order valence-electron chi connectivity index (χ4n) is 1.68. The van der Waals surface area contributed by atoms with Gasteiger partial charge in [0, 0.05) is 18.6 Å². The van der Waals surface area contributed by atoms with Crippen molar-refractivity contribution in [3.63, 3.8) is 0 Å². The van der Waals surface area contributed by atoms with Gasteiger partial charge in [-0.05, 0) is 23.8 Å². The molecule has 5 nitrogen and oxygen atoms in total. The van der Waals surface area contributed by atoms with Gasteiger partial charge in [-0.2, -0.15) is 5.10 Å². The highest BCUT2D eigenvalue weighted by molar-refractivity contribution is 5.33. The number of rotatable bonds is 3. The van der Waals surface area contributed by atoms with Gasteiger partial charge in [0.1, 0.15) is 0 Å².